The second-order valence-corrected chi connectivity index (χ2v) is 7.56. The molecule has 4 rings (SSSR count). The van der Waals surface area contributed by atoms with E-state index in [0.29, 0.717) is 18.3 Å². The molecule has 3 heterocycles. The standard InChI is InChI=1S/C21H29N5O.ClH/c27-21(19-10-14-26(24-19)18-9-6-11-22-15-18)23-16-20(25-12-4-5-13-25)17-7-2-1-3-8-17;/h1-3,7-8,10,14,18,20,22H,4-6,9,11-13,15-16H2,(H,23,27);1H. The van der Waals surface area contributed by atoms with Crippen LogP contribution in [0.25, 0.3) is 0 Å². The van der Waals surface area contributed by atoms with Gasteiger partial charge in [-0.15, -0.1) is 12.4 Å². The second-order valence-electron chi connectivity index (χ2n) is 7.56. The molecule has 1 aromatic carbocycles. The van der Waals surface area contributed by atoms with E-state index >= 15 is 0 Å². The summed E-state index contributed by atoms with van der Waals surface area (Å²) in [6.45, 7) is 4.80. The molecule has 6 nitrogen and oxygen atoms in total. The number of benzene rings is 1. The lowest BCUT2D eigenvalue weighted by atomic mass is 10.1. The van der Waals surface area contributed by atoms with Crippen LogP contribution in [0.5, 0.6) is 0 Å². The fourth-order valence-corrected chi connectivity index (χ4v) is 4.19. The summed E-state index contributed by atoms with van der Waals surface area (Å²) >= 11 is 0. The molecule has 0 aliphatic carbocycles. The summed E-state index contributed by atoms with van der Waals surface area (Å²) < 4.78 is 1.94. The highest BCUT2D eigenvalue weighted by atomic mass is 35.5. The van der Waals surface area contributed by atoms with Crippen molar-refractivity contribution in [2.45, 2.75) is 37.8 Å². The van der Waals surface area contributed by atoms with Crippen molar-refractivity contribution >= 4 is 18.3 Å². The third-order valence-electron chi connectivity index (χ3n) is 5.71. The fourth-order valence-electron chi connectivity index (χ4n) is 4.19. The number of carbonyl (C=O) groups excluding carboxylic acids is 1. The van der Waals surface area contributed by atoms with Gasteiger partial charge in [0, 0.05) is 19.3 Å². The van der Waals surface area contributed by atoms with E-state index in [1.165, 1.54) is 18.4 Å². The lowest BCUT2D eigenvalue weighted by Crippen LogP contribution is -2.37. The molecule has 1 aromatic heterocycles. The van der Waals surface area contributed by atoms with Gasteiger partial charge in [0.25, 0.3) is 5.91 Å². The van der Waals surface area contributed by atoms with Gasteiger partial charge < -0.3 is 10.6 Å². The van der Waals surface area contributed by atoms with Crippen LogP contribution in [0.3, 0.4) is 0 Å². The van der Waals surface area contributed by atoms with Crippen LogP contribution in [-0.2, 0) is 0 Å². The molecule has 2 atom stereocenters. The van der Waals surface area contributed by atoms with E-state index in [1.54, 1.807) is 0 Å². The number of rotatable bonds is 6. The van der Waals surface area contributed by atoms with Crippen molar-refractivity contribution in [3.05, 3.63) is 53.9 Å². The minimum absolute atomic E-state index is 0. The molecule has 2 N–H and O–H groups in total. The van der Waals surface area contributed by atoms with Gasteiger partial charge >= 0.3 is 0 Å². The summed E-state index contributed by atoms with van der Waals surface area (Å²) in [4.78, 5) is 15.1. The molecular formula is C21H30ClN5O. The average molecular weight is 404 g/mol. The molecule has 1 amide bonds. The number of nitrogens with one attached hydrogen (secondary N) is 2. The number of piperidine rings is 1. The van der Waals surface area contributed by atoms with Crippen molar-refractivity contribution in [1.29, 1.82) is 0 Å². The molecule has 152 valence electrons. The maximum atomic E-state index is 12.7. The predicted octanol–water partition coefficient (Wildman–Crippen LogP) is 2.80. The zero-order chi connectivity index (χ0) is 18.5. The van der Waals surface area contributed by atoms with Crippen LogP contribution in [0.4, 0.5) is 0 Å². The van der Waals surface area contributed by atoms with Gasteiger partial charge in [-0.1, -0.05) is 30.3 Å². The van der Waals surface area contributed by atoms with Gasteiger partial charge in [0.15, 0.2) is 0 Å². The highest BCUT2D eigenvalue weighted by molar-refractivity contribution is 5.92. The lowest BCUT2D eigenvalue weighted by Gasteiger charge is -2.28. The zero-order valence-electron chi connectivity index (χ0n) is 16.2. The number of likely N-dealkylation sites (tertiary alicyclic amines) is 1. The van der Waals surface area contributed by atoms with Crippen LogP contribution in [0.15, 0.2) is 42.6 Å². The van der Waals surface area contributed by atoms with Gasteiger partial charge in [-0.05, 0) is 56.9 Å². The van der Waals surface area contributed by atoms with E-state index in [4.69, 9.17) is 0 Å². The van der Waals surface area contributed by atoms with Gasteiger partial charge in [0.2, 0.25) is 0 Å². The number of nitrogens with zero attached hydrogens (tertiary/aromatic N) is 3. The van der Waals surface area contributed by atoms with Crippen molar-refractivity contribution < 1.29 is 4.79 Å². The Balaban J connectivity index is 0.00000225. The lowest BCUT2D eigenvalue weighted by molar-refractivity contribution is 0.0931. The maximum Gasteiger partial charge on any atom is 0.271 e. The van der Waals surface area contributed by atoms with E-state index in [0.717, 1.165) is 39.0 Å². The minimum Gasteiger partial charge on any atom is -0.349 e. The predicted molar refractivity (Wildman–Crippen MR) is 113 cm³/mol. The molecule has 2 unspecified atom stereocenters. The Bertz CT molecular complexity index is 738. The molecule has 0 saturated carbocycles. The van der Waals surface area contributed by atoms with Gasteiger partial charge in [-0.2, -0.15) is 5.10 Å². The third kappa shape index (κ3) is 4.93. The summed E-state index contributed by atoms with van der Waals surface area (Å²) in [5.74, 6) is -0.0855. The van der Waals surface area contributed by atoms with Crippen LogP contribution in [0, 0.1) is 0 Å². The quantitative estimate of drug-likeness (QED) is 0.778. The SMILES string of the molecule is Cl.O=C(NCC(c1ccccc1)N1CCCC1)c1ccn(C2CCCNC2)n1. The number of halogens is 1. The van der Waals surface area contributed by atoms with Crippen molar-refractivity contribution in [2.75, 3.05) is 32.7 Å². The van der Waals surface area contributed by atoms with Gasteiger partial charge in [-0.3, -0.25) is 14.4 Å². The summed E-state index contributed by atoms with van der Waals surface area (Å²) in [5, 5.41) is 11.0. The monoisotopic (exact) mass is 403 g/mol. The van der Waals surface area contributed by atoms with Gasteiger partial charge in [0.05, 0.1) is 12.1 Å². The normalized spacial score (nSPS) is 21.1. The Hall–Kier alpha value is -1.89. The second kappa shape index (κ2) is 10.0. The summed E-state index contributed by atoms with van der Waals surface area (Å²) in [6, 6.07) is 12.9. The smallest absolute Gasteiger partial charge is 0.271 e. The number of hydrogen-bond donors (Lipinski definition) is 2. The first-order chi connectivity index (χ1) is 13.3. The minimum atomic E-state index is -0.0855. The van der Waals surface area contributed by atoms with Crippen molar-refractivity contribution in [3.8, 4) is 0 Å². The Morgan fingerprint density at radius 3 is 2.68 bits per heavy atom. The summed E-state index contributed by atoms with van der Waals surface area (Å²) in [7, 11) is 0. The third-order valence-corrected chi connectivity index (χ3v) is 5.71. The topological polar surface area (TPSA) is 62.2 Å². The van der Waals surface area contributed by atoms with Crippen LogP contribution in [0.1, 0.15) is 53.8 Å². The Morgan fingerprint density at radius 1 is 1.18 bits per heavy atom. The number of hydrogen-bond acceptors (Lipinski definition) is 4. The molecule has 0 bridgehead atoms. The first-order valence-corrected chi connectivity index (χ1v) is 10.1. The Labute approximate surface area is 173 Å². The van der Waals surface area contributed by atoms with E-state index in [1.807, 2.05) is 23.0 Å². The highest BCUT2D eigenvalue weighted by Crippen LogP contribution is 2.24. The van der Waals surface area contributed by atoms with Crippen molar-refractivity contribution in [2.24, 2.45) is 0 Å². The largest absolute Gasteiger partial charge is 0.349 e. The zero-order valence-corrected chi connectivity index (χ0v) is 17.0. The molecule has 0 radical (unpaired) electrons. The summed E-state index contributed by atoms with van der Waals surface area (Å²) in [6.07, 6.45) is 6.66. The van der Waals surface area contributed by atoms with E-state index < -0.39 is 0 Å². The average Bonchev–Trinajstić information content (AvgIpc) is 3.42. The number of carbonyl (C=O) groups is 1. The maximum absolute atomic E-state index is 12.7. The van der Waals surface area contributed by atoms with Crippen LogP contribution in [-0.4, -0.2) is 53.3 Å². The first kappa shape index (κ1) is 20.8. The number of aromatic nitrogens is 2. The highest BCUT2D eigenvalue weighted by Gasteiger charge is 2.24. The van der Waals surface area contributed by atoms with Crippen LogP contribution < -0.4 is 10.6 Å². The van der Waals surface area contributed by atoms with Crippen molar-refractivity contribution in [1.82, 2.24) is 25.3 Å². The van der Waals surface area contributed by atoms with E-state index in [-0.39, 0.29) is 24.4 Å². The first-order valence-electron chi connectivity index (χ1n) is 10.1. The van der Waals surface area contributed by atoms with E-state index in [2.05, 4.69) is 44.9 Å². The fraction of sp³-hybridized carbons (Fsp3) is 0.524. The molecule has 2 fully saturated rings. The van der Waals surface area contributed by atoms with Crippen molar-refractivity contribution in [3.63, 3.8) is 0 Å². The van der Waals surface area contributed by atoms with Gasteiger partial charge in [0.1, 0.15) is 5.69 Å². The van der Waals surface area contributed by atoms with Crippen LogP contribution in [0.2, 0.25) is 0 Å². The Kier molecular flexibility index (Phi) is 7.48. The molecule has 7 heteroatoms. The molecule has 2 aliphatic heterocycles. The molecular weight excluding hydrogens is 374 g/mol. The Morgan fingerprint density at radius 2 is 1.96 bits per heavy atom. The molecule has 2 saturated heterocycles. The van der Waals surface area contributed by atoms with E-state index in [9.17, 15) is 4.79 Å². The molecule has 0 spiro atoms. The van der Waals surface area contributed by atoms with Crippen LogP contribution >= 0.6 is 12.4 Å². The molecule has 28 heavy (non-hydrogen) atoms. The molecule has 2 aliphatic rings. The van der Waals surface area contributed by atoms with Gasteiger partial charge in [-0.25, -0.2) is 0 Å². The number of amides is 1. The molecule has 2 aromatic rings. The summed E-state index contributed by atoms with van der Waals surface area (Å²) in [5.41, 5.74) is 1.77.